The number of fused-ring (bicyclic) bond motifs is 1. The number of likely N-dealkylation sites (tertiary alicyclic amines) is 2. The molecule has 5 rings (SSSR count). The fourth-order valence-corrected chi connectivity index (χ4v) is 6.62. The molecule has 1 aliphatic carbocycles. The molecule has 152 valence electrons. The zero-order valence-corrected chi connectivity index (χ0v) is 17.5. The van der Waals surface area contributed by atoms with Crippen molar-refractivity contribution in [2.45, 2.75) is 69.6 Å². The van der Waals surface area contributed by atoms with E-state index in [1.54, 1.807) is 12.4 Å². The third-order valence-corrected chi connectivity index (χ3v) is 7.96. The molecule has 0 spiro atoms. The zero-order valence-electron chi connectivity index (χ0n) is 17.5. The minimum atomic E-state index is 0.172. The maximum atomic E-state index is 13.7. The average Bonchev–Trinajstić information content (AvgIpc) is 2.89. The van der Waals surface area contributed by atoms with Crippen molar-refractivity contribution in [1.29, 1.82) is 0 Å². The molecule has 2 aliphatic heterocycles. The standard InChI is InChI=1S/C25H31N3O/c1-25-16-21-20(15-18-9-4-3-5-10-18)27(2)22(25)12-6-7-13-23(25)28(21)24(29)19-11-8-14-26-17-19/h3-5,8-11,14,17,20-23H,6-7,12-13,15-16H2,1-2H3/t20-,21+,22-,23+,25-/m1/s1. The number of benzene rings is 1. The number of aromatic nitrogens is 1. The third-order valence-electron chi connectivity index (χ3n) is 7.96. The zero-order chi connectivity index (χ0) is 20.0. The second kappa shape index (κ2) is 7.24. The summed E-state index contributed by atoms with van der Waals surface area (Å²) in [5.74, 6) is 0.172. The van der Waals surface area contributed by atoms with E-state index in [1.165, 1.54) is 24.8 Å². The Kier molecular flexibility index (Phi) is 4.70. The Morgan fingerprint density at radius 3 is 2.59 bits per heavy atom. The van der Waals surface area contributed by atoms with Crippen LogP contribution in [-0.4, -0.2) is 51.9 Å². The van der Waals surface area contributed by atoms with Gasteiger partial charge in [-0.05, 0) is 50.4 Å². The smallest absolute Gasteiger partial charge is 0.255 e. The minimum absolute atomic E-state index is 0.172. The summed E-state index contributed by atoms with van der Waals surface area (Å²) in [7, 11) is 2.31. The molecule has 5 atom stereocenters. The Balaban J connectivity index is 1.56. The summed E-state index contributed by atoms with van der Waals surface area (Å²) in [4.78, 5) is 22.9. The average molecular weight is 390 g/mol. The van der Waals surface area contributed by atoms with Crippen LogP contribution < -0.4 is 0 Å². The molecule has 3 aliphatic rings. The van der Waals surface area contributed by atoms with Gasteiger partial charge in [0.15, 0.2) is 0 Å². The molecule has 0 radical (unpaired) electrons. The fourth-order valence-electron chi connectivity index (χ4n) is 6.62. The predicted octanol–water partition coefficient (Wildman–Crippen LogP) is 4.17. The van der Waals surface area contributed by atoms with Gasteiger partial charge in [0, 0.05) is 42.0 Å². The number of likely N-dealkylation sites (N-methyl/N-ethyl adjacent to an activating group) is 1. The van der Waals surface area contributed by atoms with Crippen molar-refractivity contribution in [2.24, 2.45) is 5.41 Å². The van der Waals surface area contributed by atoms with Crippen LogP contribution in [0.3, 0.4) is 0 Å². The molecular weight excluding hydrogens is 358 g/mol. The van der Waals surface area contributed by atoms with Crippen molar-refractivity contribution >= 4 is 5.91 Å². The number of pyridine rings is 1. The Labute approximate surface area is 173 Å². The van der Waals surface area contributed by atoms with Gasteiger partial charge in [0.1, 0.15) is 0 Å². The summed E-state index contributed by atoms with van der Waals surface area (Å²) < 4.78 is 0. The number of amides is 1. The highest BCUT2D eigenvalue weighted by Gasteiger charge is 2.62. The SMILES string of the molecule is CN1[C@H](Cc2ccccc2)[C@@H]2C[C@@]3(C)[C@H](CCCC[C@@H]13)N2C(=O)c1cccnc1. The lowest BCUT2D eigenvalue weighted by Gasteiger charge is -2.49. The first-order chi connectivity index (χ1) is 14.1. The van der Waals surface area contributed by atoms with E-state index in [0.29, 0.717) is 18.1 Å². The molecule has 3 fully saturated rings. The van der Waals surface area contributed by atoms with Gasteiger partial charge in [0.2, 0.25) is 0 Å². The van der Waals surface area contributed by atoms with Gasteiger partial charge in [0.05, 0.1) is 5.56 Å². The van der Waals surface area contributed by atoms with Gasteiger partial charge in [-0.1, -0.05) is 50.1 Å². The highest BCUT2D eigenvalue weighted by molar-refractivity contribution is 5.94. The van der Waals surface area contributed by atoms with Gasteiger partial charge in [-0.3, -0.25) is 14.7 Å². The van der Waals surface area contributed by atoms with Crippen LogP contribution in [0, 0.1) is 5.41 Å². The van der Waals surface area contributed by atoms with Crippen LogP contribution in [0.25, 0.3) is 0 Å². The Hall–Kier alpha value is -2.20. The van der Waals surface area contributed by atoms with Gasteiger partial charge >= 0.3 is 0 Å². The molecule has 2 bridgehead atoms. The van der Waals surface area contributed by atoms with Crippen molar-refractivity contribution in [2.75, 3.05) is 7.05 Å². The fraction of sp³-hybridized carbons (Fsp3) is 0.520. The van der Waals surface area contributed by atoms with Crippen LogP contribution in [-0.2, 0) is 6.42 Å². The minimum Gasteiger partial charge on any atom is -0.330 e. The number of hydrogen-bond acceptors (Lipinski definition) is 3. The summed E-state index contributed by atoms with van der Waals surface area (Å²) in [6, 6.07) is 16.1. The highest BCUT2D eigenvalue weighted by atomic mass is 16.2. The first-order valence-corrected chi connectivity index (χ1v) is 11.1. The lowest BCUT2D eigenvalue weighted by molar-refractivity contribution is 0.0156. The van der Waals surface area contributed by atoms with Crippen LogP contribution in [0.1, 0.15) is 54.9 Å². The maximum Gasteiger partial charge on any atom is 0.255 e. The van der Waals surface area contributed by atoms with E-state index >= 15 is 0 Å². The van der Waals surface area contributed by atoms with Gasteiger partial charge in [-0.2, -0.15) is 0 Å². The van der Waals surface area contributed by atoms with Crippen molar-refractivity contribution in [3.63, 3.8) is 0 Å². The van der Waals surface area contributed by atoms with E-state index in [2.05, 4.69) is 59.1 Å². The van der Waals surface area contributed by atoms with E-state index in [0.717, 1.165) is 24.8 Å². The molecule has 1 aromatic heterocycles. The first-order valence-electron chi connectivity index (χ1n) is 11.1. The van der Waals surface area contributed by atoms with Crippen LogP contribution in [0.2, 0.25) is 0 Å². The van der Waals surface area contributed by atoms with E-state index in [9.17, 15) is 4.79 Å². The molecule has 2 saturated heterocycles. The Bertz CT molecular complexity index is 870. The number of rotatable bonds is 3. The number of piperidine rings is 1. The Morgan fingerprint density at radius 2 is 1.86 bits per heavy atom. The summed E-state index contributed by atoms with van der Waals surface area (Å²) >= 11 is 0. The van der Waals surface area contributed by atoms with Crippen LogP contribution in [0.4, 0.5) is 0 Å². The molecule has 29 heavy (non-hydrogen) atoms. The van der Waals surface area contributed by atoms with E-state index in [4.69, 9.17) is 0 Å². The lowest BCUT2D eigenvalue weighted by atomic mass is 9.69. The van der Waals surface area contributed by atoms with Gasteiger partial charge in [-0.25, -0.2) is 0 Å². The largest absolute Gasteiger partial charge is 0.330 e. The second-order valence-corrected chi connectivity index (χ2v) is 9.47. The quantitative estimate of drug-likeness (QED) is 0.790. The normalized spacial score (nSPS) is 34.1. The molecular formula is C25H31N3O. The molecule has 1 amide bonds. The van der Waals surface area contributed by atoms with E-state index < -0.39 is 0 Å². The first kappa shape index (κ1) is 18.8. The third kappa shape index (κ3) is 3.00. The lowest BCUT2D eigenvalue weighted by Crippen LogP contribution is -2.58. The van der Waals surface area contributed by atoms with Crippen molar-refractivity contribution < 1.29 is 4.79 Å². The molecule has 4 heteroatoms. The number of hydrogen-bond donors (Lipinski definition) is 0. The highest BCUT2D eigenvalue weighted by Crippen LogP contribution is 2.55. The number of carbonyl (C=O) groups excluding carboxylic acids is 1. The van der Waals surface area contributed by atoms with E-state index in [-0.39, 0.29) is 17.4 Å². The monoisotopic (exact) mass is 389 g/mol. The number of nitrogens with zero attached hydrogens (tertiary/aromatic N) is 3. The molecule has 2 aromatic rings. The van der Waals surface area contributed by atoms with Crippen molar-refractivity contribution in [3.05, 3.63) is 66.0 Å². The predicted molar refractivity (Wildman–Crippen MR) is 115 cm³/mol. The summed E-state index contributed by atoms with van der Waals surface area (Å²) in [5.41, 5.74) is 2.27. The van der Waals surface area contributed by atoms with E-state index in [1.807, 2.05) is 12.1 Å². The number of carbonyl (C=O) groups is 1. The molecule has 0 unspecified atom stereocenters. The molecule has 1 aromatic carbocycles. The second-order valence-electron chi connectivity index (χ2n) is 9.47. The van der Waals surface area contributed by atoms with Gasteiger partial charge in [-0.15, -0.1) is 0 Å². The van der Waals surface area contributed by atoms with Crippen LogP contribution >= 0.6 is 0 Å². The molecule has 4 nitrogen and oxygen atoms in total. The Morgan fingerprint density at radius 1 is 1.10 bits per heavy atom. The van der Waals surface area contributed by atoms with Crippen molar-refractivity contribution in [3.8, 4) is 0 Å². The van der Waals surface area contributed by atoms with Gasteiger partial charge < -0.3 is 4.90 Å². The summed E-state index contributed by atoms with van der Waals surface area (Å²) in [5, 5.41) is 0. The molecule has 1 saturated carbocycles. The summed E-state index contributed by atoms with van der Waals surface area (Å²) in [6.07, 6.45) is 10.5. The van der Waals surface area contributed by atoms with Crippen molar-refractivity contribution in [1.82, 2.24) is 14.8 Å². The molecule has 3 heterocycles. The topological polar surface area (TPSA) is 36.4 Å². The van der Waals surface area contributed by atoms with Crippen LogP contribution in [0.5, 0.6) is 0 Å². The molecule has 0 N–H and O–H groups in total. The van der Waals surface area contributed by atoms with Crippen LogP contribution in [0.15, 0.2) is 54.9 Å². The van der Waals surface area contributed by atoms with Gasteiger partial charge in [0.25, 0.3) is 5.91 Å². The summed E-state index contributed by atoms with van der Waals surface area (Å²) in [6.45, 7) is 2.45. The maximum absolute atomic E-state index is 13.7.